The monoisotopic (exact) mass is 445 g/mol. The summed E-state index contributed by atoms with van der Waals surface area (Å²) in [7, 11) is 0. The van der Waals surface area contributed by atoms with Crippen LogP contribution in [0, 0.1) is 0 Å². The van der Waals surface area contributed by atoms with Crippen LogP contribution in [0.1, 0.15) is 22.6 Å². The predicted octanol–water partition coefficient (Wildman–Crippen LogP) is 4.23. The summed E-state index contributed by atoms with van der Waals surface area (Å²) in [5, 5.41) is 23.5. The Kier molecular flexibility index (Phi) is 7.90. The van der Waals surface area contributed by atoms with E-state index in [4.69, 9.17) is 9.84 Å². The highest BCUT2D eigenvalue weighted by Crippen LogP contribution is 2.51. The molecule has 0 spiro atoms. The molecule has 0 fully saturated rings. The van der Waals surface area contributed by atoms with Gasteiger partial charge in [0.2, 0.25) is 0 Å². The smallest absolute Gasteiger partial charge is 0.399 e. The molecule has 2 unspecified atom stereocenters. The fourth-order valence-corrected chi connectivity index (χ4v) is 3.76. The first-order chi connectivity index (χ1) is 15.4. The van der Waals surface area contributed by atoms with Crippen LogP contribution >= 0.6 is 0 Å². The SMILES string of the molecule is OCCNCCOc1ccc(C(O)(c2ccccc2)C(c2ccccc2)C(F)(F)F)cc1. The van der Waals surface area contributed by atoms with Gasteiger partial charge in [0.1, 0.15) is 23.9 Å². The van der Waals surface area contributed by atoms with E-state index in [1.807, 2.05) is 0 Å². The Balaban J connectivity index is 1.99. The lowest BCUT2D eigenvalue weighted by molar-refractivity contribution is -0.190. The molecule has 0 bridgehead atoms. The molecule has 3 aromatic carbocycles. The lowest BCUT2D eigenvalue weighted by Gasteiger charge is -2.38. The molecule has 2 atom stereocenters. The van der Waals surface area contributed by atoms with Gasteiger partial charge in [-0.3, -0.25) is 0 Å². The number of alkyl halides is 3. The number of aliphatic hydroxyl groups excluding tert-OH is 1. The van der Waals surface area contributed by atoms with Gasteiger partial charge in [-0.25, -0.2) is 0 Å². The van der Waals surface area contributed by atoms with Crippen LogP contribution < -0.4 is 10.1 Å². The second kappa shape index (κ2) is 10.6. The molecule has 170 valence electrons. The van der Waals surface area contributed by atoms with Crippen LogP contribution in [0.5, 0.6) is 5.75 Å². The third-order valence-corrected chi connectivity index (χ3v) is 5.22. The van der Waals surface area contributed by atoms with Crippen molar-refractivity contribution in [2.45, 2.75) is 17.7 Å². The molecule has 0 amide bonds. The molecule has 0 saturated carbocycles. The fourth-order valence-electron chi connectivity index (χ4n) is 3.76. The highest BCUT2D eigenvalue weighted by molar-refractivity contribution is 5.44. The number of halogens is 3. The van der Waals surface area contributed by atoms with E-state index in [1.54, 1.807) is 36.4 Å². The standard InChI is InChI=1S/C25H26F3NO3/c26-25(27,28)23(19-7-3-1-4-8-19)24(31,20-9-5-2-6-10-20)21-11-13-22(14-12-21)32-18-16-29-15-17-30/h1-14,23,29-31H,15-18H2. The fraction of sp³-hybridized carbons (Fsp3) is 0.280. The molecule has 0 saturated heterocycles. The zero-order valence-electron chi connectivity index (χ0n) is 17.4. The summed E-state index contributed by atoms with van der Waals surface area (Å²) in [6.07, 6.45) is -4.71. The molecular weight excluding hydrogens is 419 g/mol. The van der Waals surface area contributed by atoms with Crippen molar-refractivity contribution in [3.8, 4) is 5.75 Å². The molecule has 0 aliphatic heterocycles. The van der Waals surface area contributed by atoms with Crippen molar-refractivity contribution < 1.29 is 28.1 Å². The van der Waals surface area contributed by atoms with Crippen LogP contribution in [0.25, 0.3) is 0 Å². The summed E-state index contributed by atoms with van der Waals surface area (Å²) in [6, 6.07) is 21.4. The zero-order chi connectivity index (χ0) is 23.0. The number of ether oxygens (including phenoxy) is 1. The number of hydrogen-bond donors (Lipinski definition) is 3. The van der Waals surface area contributed by atoms with E-state index in [0.29, 0.717) is 25.4 Å². The van der Waals surface area contributed by atoms with E-state index in [-0.39, 0.29) is 23.3 Å². The number of benzene rings is 3. The molecule has 3 aromatic rings. The first-order valence-electron chi connectivity index (χ1n) is 10.3. The Hall–Kier alpha value is -2.87. The van der Waals surface area contributed by atoms with Crippen molar-refractivity contribution in [1.82, 2.24) is 5.32 Å². The van der Waals surface area contributed by atoms with Crippen molar-refractivity contribution in [3.05, 3.63) is 102 Å². The minimum absolute atomic E-state index is 0.0224. The van der Waals surface area contributed by atoms with Crippen LogP contribution in [-0.2, 0) is 5.60 Å². The van der Waals surface area contributed by atoms with Gasteiger partial charge in [0.05, 0.1) is 6.61 Å². The van der Waals surface area contributed by atoms with Crippen LogP contribution in [0.3, 0.4) is 0 Å². The molecule has 0 aliphatic carbocycles. The molecule has 0 radical (unpaired) electrons. The van der Waals surface area contributed by atoms with E-state index in [2.05, 4.69) is 5.32 Å². The van der Waals surface area contributed by atoms with Crippen molar-refractivity contribution in [3.63, 3.8) is 0 Å². The molecule has 32 heavy (non-hydrogen) atoms. The number of nitrogens with one attached hydrogen (secondary N) is 1. The lowest BCUT2D eigenvalue weighted by atomic mass is 9.72. The minimum Gasteiger partial charge on any atom is -0.492 e. The quantitative estimate of drug-likeness (QED) is 0.409. The van der Waals surface area contributed by atoms with Gasteiger partial charge in [0.25, 0.3) is 0 Å². The normalized spacial score (nSPS) is 14.5. The lowest BCUT2D eigenvalue weighted by Crippen LogP contribution is -2.42. The first kappa shape index (κ1) is 23.8. The number of rotatable bonds is 10. The van der Waals surface area contributed by atoms with E-state index in [1.165, 1.54) is 48.5 Å². The van der Waals surface area contributed by atoms with Gasteiger partial charge in [-0.15, -0.1) is 0 Å². The van der Waals surface area contributed by atoms with Crippen LogP contribution in [0.4, 0.5) is 13.2 Å². The number of aliphatic hydroxyl groups is 2. The first-order valence-corrected chi connectivity index (χ1v) is 10.3. The summed E-state index contributed by atoms with van der Waals surface area (Å²) in [6.45, 7) is 1.32. The third-order valence-electron chi connectivity index (χ3n) is 5.22. The predicted molar refractivity (Wildman–Crippen MR) is 117 cm³/mol. The molecule has 3 N–H and O–H groups in total. The maximum absolute atomic E-state index is 14.4. The highest BCUT2D eigenvalue weighted by Gasteiger charge is 2.55. The van der Waals surface area contributed by atoms with Crippen LogP contribution in [0.15, 0.2) is 84.9 Å². The summed E-state index contributed by atoms with van der Waals surface area (Å²) >= 11 is 0. The molecule has 0 heterocycles. The van der Waals surface area contributed by atoms with Crippen molar-refractivity contribution in [1.29, 1.82) is 0 Å². The Morgan fingerprint density at radius 3 is 1.91 bits per heavy atom. The highest BCUT2D eigenvalue weighted by atomic mass is 19.4. The van der Waals surface area contributed by atoms with Gasteiger partial charge in [0.15, 0.2) is 0 Å². The maximum Gasteiger partial charge on any atom is 0.399 e. The Morgan fingerprint density at radius 2 is 1.34 bits per heavy atom. The molecule has 0 aromatic heterocycles. The Labute approximate surface area is 185 Å². The van der Waals surface area contributed by atoms with E-state index >= 15 is 0 Å². The molecule has 4 nitrogen and oxygen atoms in total. The van der Waals surface area contributed by atoms with E-state index in [0.717, 1.165) is 0 Å². The Bertz CT molecular complexity index is 950. The minimum atomic E-state index is -4.71. The molecular formula is C25H26F3NO3. The summed E-state index contributed by atoms with van der Waals surface area (Å²) in [5.74, 6) is -1.70. The van der Waals surface area contributed by atoms with Gasteiger partial charge in [0, 0.05) is 13.1 Å². The summed E-state index contributed by atoms with van der Waals surface area (Å²) in [4.78, 5) is 0. The average molecular weight is 445 g/mol. The average Bonchev–Trinajstić information content (AvgIpc) is 2.80. The molecule has 3 rings (SSSR count). The van der Waals surface area contributed by atoms with Crippen LogP contribution in [-0.4, -0.2) is 42.7 Å². The summed E-state index contributed by atoms with van der Waals surface area (Å²) in [5.41, 5.74) is -2.11. The van der Waals surface area contributed by atoms with Gasteiger partial charge < -0.3 is 20.3 Å². The third kappa shape index (κ3) is 5.48. The van der Waals surface area contributed by atoms with Gasteiger partial charge >= 0.3 is 6.18 Å². The second-order valence-corrected chi connectivity index (χ2v) is 7.36. The van der Waals surface area contributed by atoms with Gasteiger partial charge in [-0.2, -0.15) is 13.2 Å². The molecule has 0 aliphatic rings. The van der Waals surface area contributed by atoms with Crippen LogP contribution in [0.2, 0.25) is 0 Å². The maximum atomic E-state index is 14.4. The van der Waals surface area contributed by atoms with Crippen molar-refractivity contribution in [2.24, 2.45) is 0 Å². The van der Waals surface area contributed by atoms with E-state index < -0.39 is 17.7 Å². The Morgan fingerprint density at radius 1 is 0.781 bits per heavy atom. The van der Waals surface area contributed by atoms with Gasteiger partial charge in [-0.1, -0.05) is 72.8 Å². The van der Waals surface area contributed by atoms with E-state index in [9.17, 15) is 18.3 Å². The second-order valence-electron chi connectivity index (χ2n) is 7.36. The van der Waals surface area contributed by atoms with Crippen molar-refractivity contribution in [2.75, 3.05) is 26.3 Å². The number of hydrogen-bond acceptors (Lipinski definition) is 4. The van der Waals surface area contributed by atoms with Gasteiger partial charge in [-0.05, 0) is 28.8 Å². The topological polar surface area (TPSA) is 61.7 Å². The zero-order valence-corrected chi connectivity index (χ0v) is 17.4. The molecule has 7 heteroatoms. The van der Waals surface area contributed by atoms with Crippen molar-refractivity contribution >= 4 is 0 Å². The summed E-state index contributed by atoms with van der Waals surface area (Å²) < 4.78 is 48.8. The largest absolute Gasteiger partial charge is 0.492 e.